The van der Waals surface area contributed by atoms with Crippen molar-refractivity contribution in [2.24, 2.45) is 0 Å². The van der Waals surface area contributed by atoms with Crippen molar-refractivity contribution in [1.82, 2.24) is 9.55 Å². The number of likely N-dealkylation sites (tertiary alicyclic amines) is 1. The average molecular weight is 407 g/mol. The third kappa shape index (κ3) is 4.74. The first-order chi connectivity index (χ1) is 13.9. The second-order valence-corrected chi connectivity index (χ2v) is 8.68. The molecule has 0 spiro atoms. The zero-order valence-electron chi connectivity index (χ0n) is 17.8. The van der Waals surface area contributed by atoms with Gasteiger partial charge in [-0.25, -0.2) is 4.79 Å². The van der Waals surface area contributed by atoms with Gasteiger partial charge in [-0.3, -0.25) is 24.0 Å². The van der Waals surface area contributed by atoms with E-state index in [1.165, 1.54) is 15.9 Å². The highest BCUT2D eigenvalue weighted by atomic mass is 16.2. The number of quaternary nitrogens is 1. The summed E-state index contributed by atoms with van der Waals surface area (Å²) in [7, 11) is 0. The number of rotatable bonds is 7. The molecule has 8 heteroatoms. The van der Waals surface area contributed by atoms with Crippen LogP contribution >= 0.6 is 0 Å². The molecular weight excluding hydrogens is 370 g/mol. The van der Waals surface area contributed by atoms with Crippen molar-refractivity contribution in [3.63, 3.8) is 0 Å². The maximum atomic E-state index is 13.5. The van der Waals surface area contributed by atoms with Crippen molar-refractivity contribution in [3.8, 4) is 0 Å². The fourth-order valence-electron chi connectivity index (χ4n) is 4.82. The fraction of sp³-hybridized carbons (Fsp3) is 0.762. The molecule has 2 heterocycles. The molecule has 1 aliphatic carbocycles. The van der Waals surface area contributed by atoms with Crippen molar-refractivity contribution in [2.45, 2.75) is 90.3 Å². The number of aromatic nitrogens is 2. The minimum atomic E-state index is -0.554. The van der Waals surface area contributed by atoms with Gasteiger partial charge in [0.05, 0.1) is 12.6 Å². The third-order valence-electron chi connectivity index (χ3n) is 6.61. The van der Waals surface area contributed by atoms with Crippen LogP contribution in [0.1, 0.15) is 71.6 Å². The summed E-state index contributed by atoms with van der Waals surface area (Å²) in [5.41, 5.74) is 5.45. The van der Waals surface area contributed by atoms with Crippen LogP contribution in [0.2, 0.25) is 0 Å². The number of hydrogen-bond donors (Lipinski definition) is 3. The van der Waals surface area contributed by atoms with Crippen molar-refractivity contribution in [2.75, 3.05) is 23.7 Å². The molecule has 0 radical (unpaired) electrons. The van der Waals surface area contributed by atoms with Gasteiger partial charge in [-0.15, -0.1) is 0 Å². The van der Waals surface area contributed by atoms with Crippen molar-refractivity contribution in [1.29, 1.82) is 0 Å². The molecule has 1 saturated heterocycles. The zero-order chi connectivity index (χ0) is 21.0. The van der Waals surface area contributed by atoms with Gasteiger partial charge in [0.2, 0.25) is 0 Å². The van der Waals surface area contributed by atoms with E-state index in [1.54, 1.807) is 4.90 Å². The summed E-state index contributed by atoms with van der Waals surface area (Å²) in [6.07, 6.45) is 8.94. The number of unbranched alkanes of at least 4 members (excludes halogenated alkanes) is 1. The highest BCUT2D eigenvalue weighted by Crippen LogP contribution is 2.29. The number of nitrogen functional groups attached to an aromatic ring is 1. The molecule has 2 atom stereocenters. The second-order valence-electron chi connectivity index (χ2n) is 8.68. The van der Waals surface area contributed by atoms with Crippen LogP contribution in [0.3, 0.4) is 0 Å². The van der Waals surface area contributed by atoms with E-state index < -0.39 is 11.2 Å². The number of anilines is 2. The number of piperidine rings is 1. The van der Waals surface area contributed by atoms with Crippen molar-refractivity contribution < 1.29 is 9.69 Å². The Bertz CT molecular complexity index is 825. The molecule has 8 nitrogen and oxygen atoms in total. The zero-order valence-corrected chi connectivity index (χ0v) is 17.8. The Morgan fingerprint density at radius 2 is 1.90 bits per heavy atom. The highest BCUT2D eigenvalue weighted by molar-refractivity contribution is 5.96. The summed E-state index contributed by atoms with van der Waals surface area (Å²) in [5.74, 6) is 0.0627. The maximum Gasteiger partial charge on any atom is 0.330 e. The molecule has 29 heavy (non-hydrogen) atoms. The van der Waals surface area contributed by atoms with Gasteiger partial charge in [-0.05, 0) is 45.4 Å². The van der Waals surface area contributed by atoms with E-state index in [9.17, 15) is 14.4 Å². The Morgan fingerprint density at radius 3 is 2.55 bits per heavy atom. The van der Waals surface area contributed by atoms with Gasteiger partial charge >= 0.3 is 5.69 Å². The predicted octanol–water partition coefficient (Wildman–Crippen LogP) is 0.652. The molecule has 1 aromatic rings. The maximum absolute atomic E-state index is 13.5. The SMILES string of the molecule is CCCCn1c(N)c(N(C(=O)C[NH+]2CCCC[C@H]2C)C2CCCC2)c(=O)[nH]c1=O. The first kappa shape index (κ1) is 21.6. The first-order valence-electron chi connectivity index (χ1n) is 11.2. The topological polar surface area (TPSA) is 106 Å². The number of nitrogens with zero attached hydrogens (tertiary/aromatic N) is 2. The van der Waals surface area contributed by atoms with Gasteiger partial charge in [0.25, 0.3) is 11.5 Å². The van der Waals surface area contributed by atoms with E-state index in [0.717, 1.165) is 57.9 Å². The molecule has 1 unspecified atom stereocenters. The molecule has 2 fully saturated rings. The molecular formula is C21H36N5O3+. The largest absolute Gasteiger partial charge is 0.383 e. The van der Waals surface area contributed by atoms with Crippen LogP contribution < -0.4 is 26.8 Å². The smallest absolute Gasteiger partial charge is 0.330 e. The lowest BCUT2D eigenvalue weighted by Crippen LogP contribution is -3.17. The summed E-state index contributed by atoms with van der Waals surface area (Å²) in [5, 5.41) is 0. The Labute approximate surface area is 172 Å². The van der Waals surface area contributed by atoms with Crippen LogP contribution in [-0.4, -0.2) is 40.6 Å². The number of nitrogens with one attached hydrogen (secondary N) is 2. The molecule has 1 aromatic heterocycles. The van der Waals surface area contributed by atoms with Gasteiger partial charge in [0.15, 0.2) is 12.2 Å². The molecule has 1 amide bonds. The summed E-state index contributed by atoms with van der Waals surface area (Å²) in [6, 6.07) is 0.412. The highest BCUT2D eigenvalue weighted by Gasteiger charge is 2.35. The number of carbonyl (C=O) groups excluding carboxylic acids is 1. The Morgan fingerprint density at radius 1 is 1.21 bits per heavy atom. The Kier molecular flexibility index (Phi) is 7.16. The summed E-state index contributed by atoms with van der Waals surface area (Å²) in [4.78, 5) is 43.9. The van der Waals surface area contributed by atoms with Crippen LogP contribution in [0.5, 0.6) is 0 Å². The quantitative estimate of drug-likeness (QED) is 0.618. The number of hydrogen-bond acceptors (Lipinski definition) is 4. The summed E-state index contributed by atoms with van der Waals surface area (Å²) < 4.78 is 1.41. The van der Waals surface area contributed by atoms with E-state index >= 15 is 0 Å². The molecule has 162 valence electrons. The third-order valence-corrected chi connectivity index (χ3v) is 6.61. The molecule has 1 saturated carbocycles. The van der Waals surface area contributed by atoms with Crippen LogP contribution in [-0.2, 0) is 11.3 Å². The number of carbonyl (C=O) groups is 1. The second kappa shape index (κ2) is 9.61. The van der Waals surface area contributed by atoms with Crippen molar-refractivity contribution in [3.05, 3.63) is 20.8 Å². The monoisotopic (exact) mass is 406 g/mol. The van der Waals surface area contributed by atoms with Gasteiger partial charge in [0, 0.05) is 12.6 Å². The van der Waals surface area contributed by atoms with E-state index in [4.69, 9.17) is 5.73 Å². The normalized spacial score (nSPS) is 22.7. The molecule has 0 aromatic carbocycles. The summed E-state index contributed by atoms with van der Waals surface area (Å²) in [6.45, 7) is 6.00. The lowest BCUT2D eigenvalue weighted by Gasteiger charge is -2.34. The van der Waals surface area contributed by atoms with Crippen LogP contribution in [0, 0.1) is 0 Å². The lowest BCUT2D eigenvalue weighted by atomic mass is 10.0. The van der Waals surface area contributed by atoms with Gasteiger partial charge in [0.1, 0.15) is 5.82 Å². The van der Waals surface area contributed by atoms with Gasteiger partial charge in [-0.1, -0.05) is 26.2 Å². The molecule has 0 bridgehead atoms. The van der Waals surface area contributed by atoms with Crippen LogP contribution in [0.25, 0.3) is 0 Å². The molecule has 1 aliphatic heterocycles. The van der Waals surface area contributed by atoms with Crippen LogP contribution in [0.15, 0.2) is 9.59 Å². The number of nitrogens with two attached hydrogens (primary N) is 1. The Hall–Kier alpha value is -2.09. The lowest BCUT2D eigenvalue weighted by molar-refractivity contribution is -0.920. The number of H-pyrrole nitrogens is 1. The van der Waals surface area contributed by atoms with Gasteiger partial charge in [-0.2, -0.15) is 0 Å². The first-order valence-corrected chi connectivity index (χ1v) is 11.2. The van der Waals surface area contributed by atoms with E-state index in [-0.39, 0.29) is 23.5 Å². The standard InChI is InChI=1S/C21H35N5O3/c1-3-4-13-25-19(22)18(20(28)23-21(25)29)26(16-10-5-6-11-16)17(27)14-24-12-8-7-9-15(24)2/h15-16H,3-14,22H2,1-2H3,(H,23,28,29)/p+1/t15-/m1/s1. The number of aromatic amines is 1. The average Bonchev–Trinajstić information content (AvgIpc) is 3.20. The number of amides is 1. The Balaban J connectivity index is 1.97. The van der Waals surface area contributed by atoms with E-state index in [0.29, 0.717) is 19.1 Å². The minimum Gasteiger partial charge on any atom is -0.383 e. The molecule has 2 aliphatic rings. The van der Waals surface area contributed by atoms with Crippen LogP contribution in [0.4, 0.5) is 11.5 Å². The van der Waals surface area contributed by atoms with Crippen molar-refractivity contribution >= 4 is 17.4 Å². The van der Waals surface area contributed by atoms with E-state index in [1.807, 2.05) is 6.92 Å². The summed E-state index contributed by atoms with van der Waals surface area (Å²) >= 11 is 0. The predicted molar refractivity (Wildman–Crippen MR) is 114 cm³/mol. The molecule has 4 N–H and O–H groups in total. The fourth-order valence-corrected chi connectivity index (χ4v) is 4.82. The van der Waals surface area contributed by atoms with E-state index in [2.05, 4.69) is 11.9 Å². The minimum absolute atomic E-state index is 0.0254. The van der Waals surface area contributed by atoms with Gasteiger partial charge < -0.3 is 10.6 Å². The molecule has 3 rings (SSSR count).